The van der Waals surface area contributed by atoms with E-state index in [4.69, 9.17) is 14.0 Å². The molecule has 1 heterocycles. The van der Waals surface area contributed by atoms with Gasteiger partial charge in [0.1, 0.15) is 18.1 Å². The van der Waals surface area contributed by atoms with Gasteiger partial charge in [0, 0.05) is 16.7 Å². The molecule has 4 aromatic rings. The normalized spacial score (nSPS) is 10.4. The van der Waals surface area contributed by atoms with E-state index in [1.807, 2.05) is 84.9 Å². The molecule has 0 radical (unpaired) electrons. The largest absolute Gasteiger partial charge is 0.497 e. The van der Waals surface area contributed by atoms with Crippen LogP contribution in [-0.4, -0.2) is 29.6 Å². The minimum absolute atomic E-state index is 0.327. The molecule has 30 heavy (non-hydrogen) atoms. The number of rotatable bonds is 8. The van der Waals surface area contributed by atoms with Crippen LogP contribution in [0.25, 0.3) is 11.5 Å². The SMILES string of the molecule is COc1ccc(-c2nnc(CCON=C(c3ccccc3)c3ccccc3)o2)cc1. The van der Waals surface area contributed by atoms with Gasteiger partial charge in [-0.2, -0.15) is 0 Å². The predicted molar refractivity (Wildman–Crippen MR) is 114 cm³/mol. The Morgan fingerprint density at radius 2 is 1.47 bits per heavy atom. The van der Waals surface area contributed by atoms with Gasteiger partial charge in [0.2, 0.25) is 11.8 Å². The van der Waals surface area contributed by atoms with E-state index in [1.54, 1.807) is 7.11 Å². The first-order valence-electron chi connectivity index (χ1n) is 9.61. The molecule has 0 aliphatic rings. The zero-order valence-corrected chi connectivity index (χ0v) is 16.6. The molecule has 0 amide bonds. The minimum Gasteiger partial charge on any atom is -0.497 e. The molecule has 3 aromatic carbocycles. The van der Waals surface area contributed by atoms with Crippen molar-refractivity contribution in [1.29, 1.82) is 0 Å². The Balaban J connectivity index is 1.41. The highest BCUT2D eigenvalue weighted by molar-refractivity contribution is 6.12. The summed E-state index contributed by atoms with van der Waals surface area (Å²) in [7, 11) is 1.63. The lowest BCUT2D eigenvalue weighted by molar-refractivity contribution is 0.143. The molecule has 0 saturated carbocycles. The lowest BCUT2D eigenvalue weighted by Gasteiger charge is -2.07. The van der Waals surface area contributed by atoms with Crippen LogP contribution in [0.2, 0.25) is 0 Å². The maximum atomic E-state index is 5.73. The van der Waals surface area contributed by atoms with Gasteiger partial charge in [-0.05, 0) is 24.3 Å². The Morgan fingerprint density at radius 3 is 2.07 bits per heavy atom. The topological polar surface area (TPSA) is 69.7 Å². The molecule has 0 bridgehead atoms. The van der Waals surface area contributed by atoms with Crippen LogP contribution in [0.15, 0.2) is 94.5 Å². The van der Waals surface area contributed by atoms with Crippen LogP contribution in [-0.2, 0) is 11.3 Å². The summed E-state index contributed by atoms with van der Waals surface area (Å²) in [5.41, 5.74) is 3.59. The lowest BCUT2D eigenvalue weighted by atomic mass is 10.0. The Kier molecular flexibility index (Phi) is 6.15. The standard InChI is InChI=1S/C24H21N3O3/c1-28-21-14-12-20(13-15-21)24-26-25-22(30-24)16-17-29-27-23(18-8-4-2-5-9-18)19-10-6-3-7-11-19/h2-15H,16-17H2,1H3. The number of hydrogen-bond acceptors (Lipinski definition) is 6. The van der Waals surface area contributed by atoms with Crippen LogP contribution < -0.4 is 4.74 Å². The molecule has 4 rings (SSSR count). The maximum Gasteiger partial charge on any atom is 0.247 e. The average Bonchev–Trinajstić information content (AvgIpc) is 3.29. The number of aromatic nitrogens is 2. The lowest BCUT2D eigenvalue weighted by Crippen LogP contribution is -2.05. The van der Waals surface area contributed by atoms with Gasteiger partial charge in [0.15, 0.2) is 0 Å². The van der Waals surface area contributed by atoms with E-state index in [1.165, 1.54) is 0 Å². The number of ether oxygens (including phenoxy) is 1. The van der Waals surface area contributed by atoms with Gasteiger partial charge in [-0.15, -0.1) is 10.2 Å². The van der Waals surface area contributed by atoms with Crippen LogP contribution in [0.3, 0.4) is 0 Å². The van der Waals surface area contributed by atoms with Gasteiger partial charge >= 0.3 is 0 Å². The van der Waals surface area contributed by atoms with E-state index in [-0.39, 0.29) is 0 Å². The van der Waals surface area contributed by atoms with Crippen molar-refractivity contribution in [2.45, 2.75) is 6.42 Å². The van der Waals surface area contributed by atoms with E-state index < -0.39 is 0 Å². The number of oxime groups is 1. The Morgan fingerprint density at radius 1 is 0.833 bits per heavy atom. The Hall–Kier alpha value is -3.93. The molecule has 0 aliphatic heterocycles. The summed E-state index contributed by atoms with van der Waals surface area (Å²) < 4.78 is 10.9. The molecule has 6 nitrogen and oxygen atoms in total. The van der Waals surface area contributed by atoms with E-state index in [9.17, 15) is 0 Å². The van der Waals surface area contributed by atoms with E-state index in [0.717, 1.165) is 28.2 Å². The van der Waals surface area contributed by atoms with Crippen molar-refractivity contribution in [3.05, 3.63) is 102 Å². The van der Waals surface area contributed by atoms with Crippen molar-refractivity contribution in [3.8, 4) is 17.2 Å². The average molecular weight is 399 g/mol. The number of methoxy groups -OCH3 is 1. The summed E-state index contributed by atoms with van der Waals surface area (Å²) in [5, 5.41) is 12.6. The summed E-state index contributed by atoms with van der Waals surface area (Å²) in [6.45, 7) is 0.327. The van der Waals surface area contributed by atoms with Gasteiger partial charge in [0.05, 0.1) is 13.5 Å². The van der Waals surface area contributed by atoms with E-state index in [0.29, 0.717) is 24.8 Å². The highest BCUT2D eigenvalue weighted by atomic mass is 16.6. The number of nitrogens with zero attached hydrogens (tertiary/aromatic N) is 3. The summed E-state index contributed by atoms with van der Waals surface area (Å²) in [6.07, 6.45) is 0.462. The third-order valence-corrected chi connectivity index (χ3v) is 4.46. The van der Waals surface area contributed by atoms with Gasteiger partial charge in [-0.3, -0.25) is 0 Å². The van der Waals surface area contributed by atoms with Crippen molar-refractivity contribution in [3.63, 3.8) is 0 Å². The quantitative estimate of drug-likeness (QED) is 0.243. The van der Waals surface area contributed by atoms with Gasteiger partial charge < -0.3 is 14.0 Å². The van der Waals surface area contributed by atoms with E-state index >= 15 is 0 Å². The summed E-state index contributed by atoms with van der Waals surface area (Å²) >= 11 is 0. The fraction of sp³-hybridized carbons (Fsp3) is 0.125. The number of benzene rings is 3. The summed E-state index contributed by atoms with van der Waals surface area (Å²) in [4.78, 5) is 5.60. The summed E-state index contributed by atoms with van der Waals surface area (Å²) in [5.74, 6) is 1.74. The van der Waals surface area contributed by atoms with Crippen LogP contribution in [0, 0.1) is 0 Å². The molecule has 0 spiro atoms. The third kappa shape index (κ3) is 4.72. The second kappa shape index (κ2) is 9.52. The van der Waals surface area contributed by atoms with Gasteiger partial charge in [-0.25, -0.2) is 0 Å². The fourth-order valence-corrected chi connectivity index (χ4v) is 2.91. The summed E-state index contributed by atoms with van der Waals surface area (Å²) in [6, 6.07) is 27.4. The molecular formula is C24H21N3O3. The molecule has 0 fully saturated rings. The van der Waals surface area contributed by atoms with Crippen molar-refractivity contribution in [1.82, 2.24) is 10.2 Å². The number of hydrogen-bond donors (Lipinski definition) is 0. The molecule has 150 valence electrons. The van der Waals surface area contributed by atoms with Crippen LogP contribution in [0.5, 0.6) is 5.75 Å². The van der Waals surface area contributed by atoms with E-state index in [2.05, 4.69) is 15.4 Å². The van der Waals surface area contributed by atoms with Crippen LogP contribution in [0.4, 0.5) is 0 Å². The Labute approximate surface area is 174 Å². The van der Waals surface area contributed by atoms with Gasteiger partial charge in [-0.1, -0.05) is 65.8 Å². The molecule has 0 N–H and O–H groups in total. The zero-order chi connectivity index (χ0) is 20.6. The first kappa shape index (κ1) is 19.4. The highest BCUT2D eigenvalue weighted by Crippen LogP contribution is 2.21. The first-order valence-corrected chi connectivity index (χ1v) is 9.61. The van der Waals surface area contributed by atoms with Crippen molar-refractivity contribution in [2.75, 3.05) is 13.7 Å². The van der Waals surface area contributed by atoms with Crippen LogP contribution >= 0.6 is 0 Å². The van der Waals surface area contributed by atoms with Crippen LogP contribution in [0.1, 0.15) is 17.0 Å². The monoisotopic (exact) mass is 399 g/mol. The molecule has 0 aliphatic carbocycles. The molecule has 6 heteroatoms. The second-order valence-corrected chi connectivity index (χ2v) is 6.48. The van der Waals surface area contributed by atoms with Crippen molar-refractivity contribution in [2.24, 2.45) is 5.16 Å². The molecule has 0 saturated heterocycles. The zero-order valence-electron chi connectivity index (χ0n) is 16.6. The van der Waals surface area contributed by atoms with Gasteiger partial charge in [0.25, 0.3) is 0 Å². The molecule has 0 unspecified atom stereocenters. The molecule has 1 aromatic heterocycles. The Bertz CT molecular complexity index is 1050. The third-order valence-electron chi connectivity index (χ3n) is 4.46. The molecule has 0 atom stereocenters. The van der Waals surface area contributed by atoms with Crippen molar-refractivity contribution < 1.29 is 14.0 Å². The highest BCUT2D eigenvalue weighted by Gasteiger charge is 2.10. The molecular weight excluding hydrogens is 378 g/mol. The smallest absolute Gasteiger partial charge is 0.247 e. The second-order valence-electron chi connectivity index (χ2n) is 6.48. The van der Waals surface area contributed by atoms with Crippen molar-refractivity contribution >= 4 is 5.71 Å². The first-order chi connectivity index (χ1) is 14.8. The minimum atomic E-state index is 0.327. The fourth-order valence-electron chi connectivity index (χ4n) is 2.91. The maximum absolute atomic E-state index is 5.73. The predicted octanol–water partition coefficient (Wildman–Crippen LogP) is 4.76.